The first-order chi connectivity index (χ1) is 9.08. The van der Waals surface area contributed by atoms with Crippen molar-refractivity contribution in [2.45, 2.75) is 26.4 Å². The van der Waals surface area contributed by atoms with Gasteiger partial charge in [-0.25, -0.2) is 4.39 Å². The molecule has 1 aromatic carbocycles. The van der Waals surface area contributed by atoms with Crippen molar-refractivity contribution < 1.29 is 4.39 Å². The second-order valence-electron chi connectivity index (χ2n) is 4.85. The number of benzene rings is 1. The fourth-order valence-corrected chi connectivity index (χ4v) is 3.51. The van der Waals surface area contributed by atoms with Crippen LogP contribution in [-0.4, -0.2) is 0 Å². The zero-order valence-electron chi connectivity index (χ0n) is 11.0. The number of hydrogen-bond acceptors (Lipinski definition) is 2. The highest BCUT2D eigenvalue weighted by molar-refractivity contribution is 9.10. The minimum atomic E-state index is -0.188. The zero-order valence-corrected chi connectivity index (χ0v) is 13.4. The first kappa shape index (κ1) is 14.7. The Labute approximate surface area is 126 Å². The molecular weight excluding hydrogens is 325 g/mol. The maximum absolute atomic E-state index is 13.0. The molecule has 0 radical (unpaired) electrons. The average molecular weight is 342 g/mol. The lowest BCUT2D eigenvalue weighted by molar-refractivity contribution is 0.411. The Morgan fingerprint density at radius 3 is 2.42 bits per heavy atom. The summed E-state index contributed by atoms with van der Waals surface area (Å²) >= 11 is 5.27. The molecular formula is C15H17BrFNS. The van der Waals surface area contributed by atoms with Crippen LogP contribution in [-0.2, 0) is 6.54 Å². The largest absolute Gasteiger partial charge is 0.305 e. The maximum Gasteiger partial charge on any atom is 0.123 e. The number of hydrogen-bond donors (Lipinski definition) is 1. The molecule has 0 fully saturated rings. The van der Waals surface area contributed by atoms with Crippen LogP contribution < -0.4 is 5.32 Å². The SMILES string of the molecule is CC(C)C(NCc1sccc1Br)c1ccc(F)cc1. The summed E-state index contributed by atoms with van der Waals surface area (Å²) in [6, 6.07) is 9.05. The lowest BCUT2D eigenvalue weighted by atomic mass is 9.96. The van der Waals surface area contributed by atoms with E-state index in [9.17, 15) is 4.39 Å². The number of nitrogens with one attached hydrogen (secondary N) is 1. The zero-order chi connectivity index (χ0) is 13.8. The predicted molar refractivity (Wildman–Crippen MR) is 82.8 cm³/mol. The van der Waals surface area contributed by atoms with Gasteiger partial charge < -0.3 is 5.32 Å². The van der Waals surface area contributed by atoms with Crippen LogP contribution in [0.5, 0.6) is 0 Å². The molecule has 0 spiro atoms. The summed E-state index contributed by atoms with van der Waals surface area (Å²) in [7, 11) is 0. The van der Waals surface area contributed by atoms with E-state index in [1.165, 1.54) is 17.0 Å². The summed E-state index contributed by atoms with van der Waals surface area (Å²) in [5.74, 6) is 0.261. The van der Waals surface area contributed by atoms with Gasteiger partial charge in [0.05, 0.1) is 0 Å². The minimum absolute atomic E-state index is 0.188. The van der Waals surface area contributed by atoms with E-state index in [1.54, 1.807) is 11.3 Å². The highest BCUT2D eigenvalue weighted by Gasteiger charge is 2.16. The second-order valence-corrected chi connectivity index (χ2v) is 6.70. The first-order valence-corrected chi connectivity index (χ1v) is 7.96. The second kappa shape index (κ2) is 6.64. The summed E-state index contributed by atoms with van der Waals surface area (Å²) in [6.07, 6.45) is 0. The molecule has 1 heterocycles. The predicted octanol–water partition coefficient (Wildman–Crippen LogP) is 5.14. The molecule has 2 rings (SSSR count). The lowest BCUT2D eigenvalue weighted by Crippen LogP contribution is -2.25. The molecule has 1 N–H and O–H groups in total. The van der Waals surface area contributed by atoms with Gasteiger partial charge in [-0.3, -0.25) is 0 Å². The average Bonchev–Trinajstić information content (AvgIpc) is 2.77. The normalized spacial score (nSPS) is 12.9. The van der Waals surface area contributed by atoms with Crippen molar-refractivity contribution in [1.29, 1.82) is 0 Å². The van der Waals surface area contributed by atoms with Crippen LogP contribution in [0.2, 0.25) is 0 Å². The van der Waals surface area contributed by atoms with Crippen LogP contribution in [0.15, 0.2) is 40.2 Å². The van der Waals surface area contributed by atoms with Crippen molar-refractivity contribution in [2.75, 3.05) is 0 Å². The molecule has 0 amide bonds. The Hall–Kier alpha value is -0.710. The van der Waals surface area contributed by atoms with Gasteiger partial charge in [0.2, 0.25) is 0 Å². The highest BCUT2D eigenvalue weighted by atomic mass is 79.9. The molecule has 1 unspecified atom stereocenters. The molecule has 0 saturated carbocycles. The highest BCUT2D eigenvalue weighted by Crippen LogP contribution is 2.26. The summed E-state index contributed by atoms with van der Waals surface area (Å²) in [4.78, 5) is 1.28. The van der Waals surface area contributed by atoms with Gasteiger partial charge in [-0.05, 0) is 51.0 Å². The van der Waals surface area contributed by atoms with E-state index in [0.717, 1.165) is 16.6 Å². The van der Waals surface area contributed by atoms with E-state index in [4.69, 9.17) is 0 Å². The van der Waals surface area contributed by atoms with E-state index in [2.05, 4.69) is 46.5 Å². The van der Waals surface area contributed by atoms with Crippen molar-refractivity contribution in [2.24, 2.45) is 5.92 Å². The molecule has 1 nitrogen and oxygen atoms in total. The minimum Gasteiger partial charge on any atom is -0.305 e. The Bertz CT molecular complexity index is 521. The van der Waals surface area contributed by atoms with Gasteiger partial charge in [0.25, 0.3) is 0 Å². The maximum atomic E-state index is 13.0. The first-order valence-electron chi connectivity index (χ1n) is 6.28. The Balaban J connectivity index is 2.08. The topological polar surface area (TPSA) is 12.0 Å². The van der Waals surface area contributed by atoms with Crippen LogP contribution in [0.4, 0.5) is 4.39 Å². The van der Waals surface area contributed by atoms with Crippen LogP contribution >= 0.6 is 27.3 Å². The van der Waals surface area contributed by atoms with E-state index < -0.39 is 0 Å². The van der Waals surface area contributed by atoms with Gasteiger partial charge in [-0.2, -0.15) is 0 Å². The van der Waals surface area contributed by atoms with E-state index in [-0.39, 0.29) is 11.9 Å². The van der Waals surface area contributed by atoms with Crippen molar-refractivity contribution in [3.05, 3.63) is 56.4 Å². The van der Waals surface area contributed by atoms with Crippen LogP contribution in [0.1, 0.15) is 30.3 Å². The standard InChI is InChI=1S/C15H17BrFNS/c1-10(2)15(11-3-5-12(17)6-4-11)18-9-14-13(16)7-8-19-14/h3-8,10,15,18H,9H2,1-2H3. The van der Waals surface area contributed by atoms with E-state index in [1.807, 2.05) is 12.1 Å². The number of thiophene rings is 1. The van der Waals surface area contributed by atoms with Gasteiger partial charge >= 0.3 is 0 Å². The number of rotatable bonds is 5. The van der Waals surface area contributed by atoms with Gasteiger partial charge in [0.15, 0.2) is 0 Å². The third-order valence-corrected chi connectivity index (χ3v) is 5.00. The third kappa shape index (κ3) is 3.88. The quantitative estimate of drug-likeness (QED) is 0.794. The van der Waals surface area contributed by atoms with Crippen molar-refractivity contribution >= 4 is 27.3 Å². The van der Waals surface area contributed by atoms with Gasteiger partial charge in [-0.15, -0.1) is 11.3 Å². The van der Waals surface area contributed by atoms with Crippen LogP contribution in [0, 0.1) is 11.7 Å². The molecule has 1 atom stereocenters. The summed E-state index contributed by atoms with van der Waals surface area (Å²) in [6.45, 7) is 5.16. The molecule has 4 heteroatoms. The van der Waals surface area contributed by atoms with Crippen molar-refractivity contribution in [1.82, 2.24) is 5.32 Å². The van der Waals surface area contributed by atoms with Gasteiger partial charge in [0.1, 0.15) is 5.82 Å². The Kier molecular flexibility index (Phi) is 5.13. The number of halogens is 2. The van der Waals surface area contributed by atoms with Crippen LogP contribution in [0.25, 0.3) is 0 Å². The third-order valence-electron chi connectivity index (χ3n) is 3.07. The fraction of sp³-hybridized carbons (Fsp3) is 0.333. The molecule has 2 aromatic rings. The Morgan fingerprint density at radius 1 is 1.21 bits per heavy atom. The molecule has 0 aliphatic carbocycles. The van der Waals surface area contributed by atoms with Crippen molar-refractivity contribution in [3.63, 3.8) is 0 Å². The summed E-state index contributed by atoms with van der Waals surface area (Å²) < 4.78 is 14.1. The summed E-state index contributed by atoms with van der Waals surface area (Å²) in [5.41, 5.74) is 1.13. The molecule has 0 saturated heterocycles. The molecule has 0 aliphatic heterocycles. The molecule has 0 bridgehead atoms. The van der Waals surface area contributed by atoms with Crippen molar-refractivity contribution in [3.8, 4) is 0 Å². The van der Waals surface area contributed by atoms with Gasteiger partial charge in [0, 0.05) is 21.9 Å². The molecule has 0 aliphatic rings. The van der Waals surface area contributed by atoms with Crippen LogP contribution in [0.3, 0.4) is 0 Å². The molecule has 1 aromatic heterocycles. The Morgan fingerprint density at radius 2 is 1.89 bits per heavy atom. The summed E-state index contributed by atoms with van der Waals surface area (Å²) in [5, 5.41) is 5.63. The lowest BCUT2D eigenvalue weighted by Gasteiger charge is -2.23. The molecule has 102 valence electrons. The smallest absolute Gasteiger partial charge is 0.123 e. The fourth-order valence-electron chi connectivity index (χ4n) is 2.06. The monoisotopic (exact) mass is 341 g/mol. The van der Waals surface area contributed by atoms with Gasteiger partial charge in [-0.1, -0.05) is 26.0 Å². The van der Waals surface area contributed by atoms with E-state index >= 15 is 0 Å². The molecule has 19 heavy (non-hydrogen) atoms. The van der Waals surface area contributed by atoms with E-state index in [0.29, 0.717) is 5.92 Å².